The molecule has 6 heteroatoms. The van der Waals surface area contributed by atoms with Crippen LogP contribution in [0, 0.1) is 0 Å². The molecule has 128 valence electrons. The van der Waals surface area contributed by atoms with Crippen LogP contribution in [0.4, 0.5) is 5.69 Å². The van der Waals surface area contributed by atoms with Crippen molar-refractivity contribution in [2.75, 3.05) is 31.6 Å². The second-order valence-electron chi connectivity index (χ2n) is 5.66. The summed E-state index contributed by atoms with van der Waals surface area (Å²) in [6.45, 7) is 9.45. The van der Waals surface area contributed by atoms with E-state index in [1.807, 2.05) is 45.9 Å². The number of hydrogen-bond acceptors (Lipinski definition) is 3. The van der Waals surface area contributed by atoms with Crippen LogP contribution in [0.1, 0.15) is 27.7 Å². The standard InChI is InChI=1S/C17H27N3O3/c1-5-20(11-16(21)18-13(3)4)12-17(22)19-14-9-7-8-10-15(14)23-6-2/h7-10,13H,5-6,11-12H2,1-4H3,(H,18,21)(H,19,22)/p+1. The van der Waals surface area contributed by atoms with E-state index in [-0.39, 0.29) is 30.9 Å². The first-order valence-electron chi connectivity index (χ1n) is 8.10. The van der Waals surface area contributed by atoms with Crippen molar-refractivity contribution < 1.29 is 19.2 Å². The Morgan fingerprint density at radius 2 is 1.78 bits per heavy atom. The number of nitrogens with one attached hydrogen (secondary N) is 3. The van der Waals surface area contributed by atoms with E-state index in [1.54, 1.807) is 6.07 Å². The molecule has 6 nitrogen and oxygen atoms in total. The molecular weight excluding hydrogens is 294 g/mol. The van der Waals surface area contributed by atoms with E-state index in [2.05, 4.69) is 10.6 Å². The number of benzene rings is 1. The highest BCUT2D eigenvalue weighted by Crippen LogP contribution is 2.23. The number of quaternary nitrogens is 1. The van der Waals surface area contributed by atoms with Crippen molar-refractivity contribution in [2.45, 2.75) is 33.7 Å². The zero-order valence-corrected chi connectivity index (χ0v) is 14.4. The van der Waals surface area contributed by atoms with Gasteiger partial charge in [0.05, 0.1) is 18.8 Å². The summed E-state index contributed by atoms with van der Waals surface area (Å²) in [4.78, 5) is 25.0. The topological polar surface area (TPSA) is 71.9 Å². The Morgan fingerprint density at radius 3 is 2.39 bits per heavy atom. The molecule has 0 saturated heterocycles. The zero-order valence-electron chi connectivity index (χ0n) is 14.4. The van der Waals surface area contributed by atoms with Gasteiger partial charge in [-0.3, -0.25) is 9.59 Å². The van der Waals surface area contributed by atoms with Crippen LogP contribution in [0.2, 0.25) is 0 Å². The summed E-state index contributed by atoms with van der Waals surface area (Å²) in [5, 5.41) is 5.70. The largest absolute Gasteiger partial charge is 0.492 e. The summed E-state index contributed by atoms with van der Waals surface area (Å²) < 4.78 is 5.49. The number of hydrogen-bond donors (Lipinski definition) is 3. The maximum Gasteiger partial charge on any atom is 0.279 e. The van der Waals surface area contributed by atoms with E-state index in [4.69, 9.17) is 4.74 Å². The fraction of sp³-hybridized carbons (Fsp3) is 0.529. The smallest absolute Gasteiger partial charge is 0.279 e. The average Bonchev–Trinajstić information content (AvgIpc) is 2.48. The molecule has 0 radical (unpaired) electrons. The van der Waals surface area contributed by atoms with Gasteiger partial charge in [-0.25, -0.2) is 0 Å². The molecule has 2 amide bonds. The van der Waals surface area contributed by atoms with Gasteiger partial charge >= 0.3 is 0 Å². The number of carbonyl (C=O) groups excluding carboxylic acids is 2. The first-order chi connectivity index (χ1) is 11.0. The summed E-state index contributed by atoms with van der Waals surface area (Å²) in [6, 6.07) is 7.44. The highest BCUT2D eigenvalue weighted by atomic mass is 16.5. The van der Waals surface area contributed by atoms with Gasteiger partial charge in [-0.05, 0) is 39.8 Å². The van der Waals surface area contributed by atoms with Gasteiger partial charge in [0, 0.05) is 6.04 Å². The summed E-state index contributed by atoms with van der Waals surface area (Å²) >= 11 is 0. The Kier molecular flexibility index (Phi) is 8.11. The van der Waals surface area contributed by atoms with Gasteiger partial charge in [0.15, 0.2) is 13.1 Å². The Balaban J connectivity index is 2.58. The third-order valence-electron chi connectivity index (χ3n) is 3.23. The molecular formula is C17H28N3O3+. The second-order valence-corrected chi connectivity index (χ2v) is 5.66. The lowest BCUT2D eigenvalue weighted by Crippen LogP contribution is -3.14. The van der Waals surface area contributed by atoms with E-state index >= 15 is 0 Å². The third-order valence-corrected chi connectivity index (χ3v) is 3.23. The van der Waals surface area contributed by atoms with Crippen LogP contribution in [-0.4, -0.2) is 44.1 Å². The molecule has 1 aromatic carbocycles. The Hall–Kier alpha value is -2.08. The van der Waals surface area contributed by atoms with E-state index in [0.29, 0.717) is 24.6 Å². The van der Waals surface area contributed by atoms with Crippen molar-refractivity contribution in [3.05, 3.63) is 24.3 Å². The van der Waals surface area contributed by atoms with Gasteiger partial charge in [0.1, 0.15) is 5.75 Å². The lowest BCUT2D eigenvalue weighted by Gasteiger charge is -2.18. The molecule has 0 saturated carbocycles. The number of amides is 2. The maximum atomic E-state index is 12.2. The zero-order chi connectivity index (χ0) is 17.2. The molecule has 1 rings (SSSR count). The quantitative estimate of drug-likeness (QED) is 0.618. The maximum absolute atomic E-state index is 12.2. The van der Waals surface area contributed by atoms with Crippen molar-refractivity contribution in [3.8, 4) is 5.75 Å². The number of rotatable bonds is 9. The Morgan fingerprint density at radius 1 is 1.13 bits per heavy atom. The van der Waals surface area contributed by atoms with Gasteiger partial charge in [-0.1, -0.05) is 12.1 Å². The highest BCUT2D eigenvalue weighted by Gasteiger charge is 2.18. The third kappa shape index (κ3) is 7.15. The predicted octanol–water partition coefficient (Wildman–Crippen LogP) is 0.453. The fourth-order valence-corrected chi connectivity index (χ4v) is 2.19. The molecule has 23 heavy (non-hydrogen) atoms. The summed E-state index contributed by atoms with van der Waals surface area (Å²) in [6.07, 6.45) is 0. The molecule has 0 bridgehead atoms. The molecule has 1 atom stereocenters. The van der Waals surface area contributed by atoms with Gasteiger partial charge in [0.2, 0.25) is 0 Å². The number of para-hydroxylation sites is 2. The van der Waals surface area contributed by atoms with E-state index in [1.165, 1.54) is 0 Å². The van der Waals surface area contributed by atoms with Crippen LogP contribution in [0.5, 0.6) is 5.75 Å². The lowest BCUT2D eigenvalue weighted by atomic mass is 10.3. The number of likely N-dealkylation sites (N-methyl/N-ethyl adjacent to an activating group) is 1. The summed E-state index contributed by atoms with van der Waals surface area (Å²) in [5.74, 6) is 0.477. The highest BCUT2D eigenvalue weighted by molar-refractivity contribution is 5.93. The number of ether oxygens (including phenoxy) is 1. The first kappa shape index (κ1) is 19.0. The Labute approximate surface area is 138 Å². The minimum Gasteiger partial charge on any atom is -0.492 e. The predicted molar refractivity (Wildman–Crippen MR) is 90.8 cm³/mol. The van der Waals surface area contributed by atoms with Crippen molar-refractivity contribution in [1.82, 2.24) is 5.32 Å². The molecule has 0 aliphatic heterocycles. The normalized spacial score (nSPS) is 11.9. The van der Waals surface area contributed by atoms with Crippen molar-refractivity contribution in [2.24, 2.45) is 0 Å². The fourth-order valence-electron chi connectivity index (χ4n) is 2.19. The van der Waals surface area contributed by atoms with Crippen LogP contribution in [0.3, 0.4) is 0 Å². The van der Waals surface area contributed by atoms with Crippen molar-refractivity contribution >= 4 is 17.5 Å². The van der Waals surface area contributed by atoms with E-state index < -0.39 is 0 Å². The van der Waals surface area contributed by atoms with Crippen LogP contribution in [-0.2, 0) is 9.59 Å². The average molecular weight is 322 g/mol. The Bertz CT molecular complexity index is 518. The van der Waals surface area contributed by atoms with Crippen molar-refractivity contribution in [1.29, 1.82) is 0 Å². The minimum atomic E-state index is -0.133. The summed E-state index contributed by atoms with van der Waals surface area (Å²) in [5.41, 5.74) is 0.654. The molecule has 1 unspecified atom stereocenters. The molecule has 0 aliphatic carbocycles. The molecule has 0 aromatic heterocycles. The van der Waals surface area contributed by atoms with E-state index in [9.17, 15) is 9.59 Å². The van der Waals surface area contributed by atoms with Crippen LogP contribution >= 0.6 is 0 Å². The SMILES string of the molecule is CCOc1ccccc1NC(=O)C[NH+](CC)CC(=O)NC(C)C. The van der Waals surface area contributed by atoms with E-state index in [0.717, 1.165) is 4.90 Å². The molecule has 1 aromatic rings. The van der Waals surface area contributed by atoms with Gasteiger partial charge < -0.3 is 20.3 Å². The molecule has 0 spiro atoms. The summed E-state index contributed by atoms with van der Waals surface area (Å²) in [7, 11) is 0. The van der Waals surface area contributed by atoms with Gasteiger partial charge in [-0.15, -0.1) is 0 Å². The molecule has 0 fully saturated rings. The lowest BCUT2D eigenvalue weighted by molar-refractivity contribution is -0.881. The number of anilines is 1. The first-order valence-corrected chi connectivity index (χ1v) is 8.10. The number of carbonyl (C=O) groups is 2. The van der Waals surface area contributed by atoms with Crippen LogP contribution in [0.15, 0.2) is 24.3 Å². The van der Waals surface area contributed by atoms with Gasteiger partial charge in [-0.2, -0.15) is 0 Å². The minimum absolute atomic E-state index is 0.0423. The van der Waals surface area contributed by atoms with Crippen LogP contribution in [0.25, 0.3) is 0 Å². The van der Waals surface area contributed by atoms with Gasteiger partial charge in [0.25, 0.3) is 11.8 Å². The molecule has 0 heterocycles. The monoisotopic (exact) mass is 322 g/mol. The second kappa shape index (κ2) is 9.84. The molecule has 3 N–H and O–H groups in total. The van der Waals surface area contributed by atoms with Crippen molar-refractivity contribution in [3.63, 3.8) is 0 Å². The van der Waals surface area contributed by atoms with Crippen LogP contribution < -0.4 is 20.3 Å². The molecule has 0 aliphatic rings.